The summed E-state index contributed by atoms with van der Waals surface area (Å²) in [6, 6.07) is 8.21. The number of para-hydroxylation sites is 1. The number of hydrogen-bond donors (Lipinski definition) is 1. The Labute approximate surface area is 101 Å². The molecule has 2 N–H and O–H groups in total. The Morgan fingerprint density at radius 2 is 2.19 bits per heavy atom. The molecule has 0 saturated heterocycles. The van der Waals surface area contributed by atoms with Crippen LogP contribution in [0.2, 0.25) is 5.02 Å². The molecular weight excluding hydrogens is 248 g/mol. The molecule has 1 aromatic carbocycles. The fraction of sp³-hybridized carbons (Fsp3) is 0. The minimum absolute atomic E-state index is 0.302. The van der Waals surface area contributed by atoms with Crippen molar-refractivity contribution in [1.29, 1.82) is 0 Å². The van der Waals surface area contributed by atoms with E-state index in [4.69, 9.17) is 22.1 Å². The molecule has 4 nitrogen and oxygen atoms in total. The molecule has 0 atom stereocenters. The minimum atomic E-state index is -0.512. The lowest BCUT2D eigenvalue weighted by Crippen LogP contribution is -2.06. The lowest BCUT2D eigenvalue weighted by atomic mass is 10.3. The van der Waals surface area contributed by atoms with Crippen molar-refractivity contribution < 1.29 is 9.53 Å². The SMILES string of the molecule is Nc1cc(C(=O)Oc2ccccc2Cl)sn1. The third kappa shape index (κ3) is 2.32. The van der Waals surface area contributed by atoms with Crippen LogP contribution in [0.3, 0.4) is 0 Å². The van der Waals surface area contributed by atoms with Crippen LogP contribution in [0.5, 0.6) is 5.75 Å². The standard InChI is InChI=1S/C10H7ClN2O2S/c11-6-3-1-2-4-7(6)15-10(14)8-5-9(12)13-16-8/h1-5H,(H2,12,13). The molecule has 0 aliphatic rings. The van der Waals surface area contributed by atoms with E-state index in [2.05, 4.69) is 4.37 Å². The Bertz CT molecular complexity index is 527. The monoisotopic (exact) mass is 254 g/mol. The average molecular weight is 255 g/mol. The van der Waals surface area contributed by atoms with Gasteiger partial charge in [-0.05, 0) is 23.7 Å². The molecule has 0 amide bonds. The van der Waals surface area contributed by atoms with Crippen LogP contribution in [0.15, 0.2) is 30.3 Å². The summed E-state index contributed by atoms with van der Waals surface area (Å²) in [6.45, 7) is 0. The van der Waals surface area contributed by atoms with Gasteiger partial charge in [0.1, 0.15) is 16.4 Å². The zero-order valence-corrected chi connectivity index (χ0v) is 9.59. The number of rotatable bonds is 2. The number of hydrogen-bond acceptors (Lipinski definition) is 5. The summed E-state index contributed by atoms with van der Waals surface area (Å²) in [5.74, 6) is 0.111. The second kappa shape index (κ2) is 4.51. The van der Waals surface area contributed by atoms with Crippen LogP contribution in [-0.2, 0) is 0 Å². The fourth-order valence-electron chi connectivity index (χ4n) is 1.06. The summed E-state index contributed by atoms with van der Waals surface area (Å²) < 4.78 is 8.88. The van der Waals surface area contributed by atoms with E-state index >= 15 is 0 Å². The molecule has 16 heavy (non-hydrogen) atoms. The zero-order chi connectivity index (χ0) is 11.5. The van der Waals surface area contributed by atoms with Gasteiger partial charge in [0.2, 0.25) is 0 Å². The molecule has 0 aliphatic carbocycles. The number of esters is 1. The van der Waals surface area contributed by atoms with E-state index in [1.165, 1.54) is 6.07 Å². The van der Waals surface area contributed by atoms with E-state index in [9.17, 15) is 4.79 Å². The molecule has 0 spiro atoms. The first-order valence-corrected chi connectivity index (χ1v) is 5.51. The van der Waals surface area contributed by atoms with Crippen molar-refractivity contribution in [3.8, 4) is 5.75 Å². The zero-order valence-electron chi connectivity index (χ0n) is 8.01. The lowest BCUT2D eigenvalue weighted by molar-refractivity contribution is 0.0740. The van der Waals surface area contributed by atoms with Gasteiger partial charge in [-0.25, -0.2) is 4.79 Å². The van der Waals surface area contributed by atoms with Crippen molar-refractivity contribution in [2.75, 3.05) is 5.73 Å². The van der Waals surface area contributed by atoms with Gasteiger partial charge in [-0.15, -0.1) is 0 Å². The molecular formula is C10H7ClN2O2S. The smallest absolute Gasteiger partial charge is 0.355 e. The topological polar surface area (TPSA) is 65.2 Å². The predicted molar refractivity (Wildman–Crippen MR) is 62.9 cm³/mol. The quantitative estimate of drug-likeness (QED) is 0.661. The van der Waals surface area contributed by atoms with Gasteiger partial charge in [0.15, 0.2) is 0 Å². The summed E-state index contributed by atoms with van der Waals surface area (Å²) in [4.78, 5) is 12.0. The molecule has 2 rings (SSSR count). The number of ether oxygens (including phenoxy) is 1. The van der Waals surface area contributed by atoms with Gasteiger partial charge in [-0.2, -0.15) is 4.37 Å². The maximum absolute atomic E-state index is 11.6. The number of nitrogens with zero attached hydrogens (tertiary/aromatic N) is 1. The molecule has 0 saturated carbocycles. The molecule has 0 unspecified atom stereocenters. The van der Waals surface area contributed by atoms with E-state index < -0.39 is 5.97 Å². The maximum Gasteiger partial charge on any atom is 0.355 e. The van der Waals surface area contributed by atoms with Crippen LogP contribution in [0, 0.1) is 0 Å². The molecule has 82 valence electrons. The first kappa shape index (κ1) is 10.9. The number of anilines is 1. The predicted octanol–water partition coefficient (Wildman–Crippen LogP) is 2.60. The highest BCUT2D eigenvalue weighted by molar-refractivity contribution is 7.08. The number of carbonyl (C=O) groups excluding carboxylic acids is 1. The highest BCUT2D eigenvalue weighted by atomic mass is 35.5. The third-order valence-corrected chi connectivity index (χ3v) is 2.86. The van der Waals surface area contributed by atoms with Crippen molar-refractivity contribution in [3.05, 3.63) is 40.2 Å². The first-order valence-electron chi connectivity index (χ1n) is 4.36. The van der Waals surface area contributed by atoms with Crippen LogP contribution in [0.25, 0.3) is 0 Å². The Balaban J connectivity index is 2.17. The second-order valence-corrected chi connectivity index (χ2v) is 4.15. The number of halogens is 1. The number of nitrogens with two attached hydrogens (primary N) is 1. The summed E-state index contributed by atoms with van der Waals surface area (Å²) in [5, 5.41) is 0.383. The Kier molecular flexibility index (Phi) is 3.07. The molecule has 2 aromatic rings. The van der Waals surface area contributed by atoms with E-state index in [0.717, 1.165) is 11.5 Å². The van der Waals surface area contributed by atoms with E-state index in [-0.39, 0.29) is 0 Å². The molecule has 0 aliphatic heterocycles. The van der Waals surface area contributed by atoms with Crippen LogP contribution in [-0.4, -0.2) is 10.3 Å². The lowest BCUT2D eigenvalue weighted by Gasteiger charge is -2.03. The molecule has 1 aromatic heterocycles. The molecule has 0 fully saturated rings. The Hall–Kier alpha value is -1.59. The molecule has 0 radical (unpaired) electrons. The molecule has 0 bridgehead atoms. The van der Waals surface area contributed by atoms with E-state index in [1.807, 2.05) is 0 Å². The number of nitrogen functional groups attached to an aromatic ring is 1. The van der Waals surface area contributed by atoms with Crippen molar-refractivity contribution in [2.45, 2.75) is 0 Å². The number of carbonyl (C=O) groups is 1. The highest BCUT2D eigenvalue weighted by Gasteiger charge is 2.13. The maximum atomic E-state index is 11.6. The Morgan fingerprint density at radius 1 is 1.44 bits per heavy atom. The first-order chi connectivity index (χ1) is 7.66. The van der Waals surface area contributed by atoms with Crippen LogP contribution < -0.4 is 10.5 Å². The second-order valence-electron chi connectivity index (χ2n) is 2.94. The van der Waals surface area contributed by atoms with Crippen LogP contribution in [0.4, 0.5) is 5.82 Å². The van der Waals surface area contributed by atoms with Gasteiger partial charge in [-0.3, -0.25) is 0 Å². The van der Waals surface area contributed by atoms with Crippen molar-refractivity contribution in [1.82, 2.24) is 4.37 Å². The van der Waals surface area contributed by atoms with Crippen molar-refractivity contribution >= 4 is 34.9 Å². The minimum Gasteiger partial charge on any atom is -0.421 e. The van der Waals surface area contributed by atoms with Gasteiger partial charge in [0.25, 0.3) is 0 Å². The van der Waals surface area contributed by atoms with E-state index in [1.54, 1.807) is 24.3 Å². The van der Waals surface area contributed by atoms with Crippen LogP contribution in [0.1, 0.15) is 9.67 Å². The molecule has 1 heterocycles. The third-order valence-electron chi connectivity index (χ3n) is 1.77. The van der Waals surface area contributed by atoms with Gasteiger partial charge < -0.3 is 10.5 Å². The normalized spacial score (nSPS) is 10.1. The summed E-state index contributed by atoms with van der Waals surface area (Å²) in [7, 11) is 0. The van der Waals surface area contributed by atoms with Gasteiger partial charge in [-0.1, -0.05) is 23.7 Å². The number of aromatic nitrogens is 1. The molecule has 6 heteroatoms. The van der Waals surface area contributed by atoms with Gasteiger partial charge in [0, 0.05) is 6.07 Å². The van der Waals surface area contributed by atoms with Gasteiger partial charge >= 0.3 is 5.97 Å². The van der Waals surface area contributed by atoms with Crippen molar-refractivity contribution in [3.63, 3.8) is 0 Å². The van der Waals surface area contributed by atoms with Crippen LogP contribution >= 0.6 is 23.1 Å². The van der Waals surface area contributed by atoms with E-state index in [0.29, 0.717) is 21.5 Å². The van der Waals surface area contributed by atoms with Crippen molar-refractivity contribution in [2.24, 2.45) is 0 Å². The largest absolute Gasteiger partial charge is 0.421 e. The summed E-state index contributed by atoms with van der Waals surface area (Å²) in [5.41, 5.74) is 5.41. The van der Waals surface area contributed by atoms with Gasteiger partial charge in [0.05, 0.1) is 5.02 Å². The fourth-order valence-corrected chi connectivity index (χ4v) is 1.78. The average Bonchev–Trinajstić information content (AvgIpc) is 2.68. The Morgan fingerprint density at radius 3 is 2.81 bits per heavy atom. The highest BCUT2D eigenvalue weighted by Crippen LogP contribution is 2.24. The summed E-state index contributed by atoms with van der Waals surface area (Å²) in [6.07, 6.45) is 0. The summed E-state index contributed by atoms with van der Waals surface area (Å²) >= 11 is 6.84. The number of benzene rings is 1.